The molecule has 5 aromatic rings. The van der Waals surface area contributed by atoms with Gasteiger partial charge in [-0.3, -0.25) is 13.9 Å². The molecule has 1 atom stereocenters. The molecule has 0 radical (unpaired) electrons. The van der Waals surface area contributed by atoms with E-state index in [0.29, 0.717) is 32.7 Å². The van der Waals surface area contributed by atoms with Gasteiger partial charge in [-0.15, -0.1) is 0 Å². The van der Waals surface area contributed by atoms with Crippen LogP contribution in [0.5, 0.6) is 5.88 Å². The maximum absolute atomic E-state index is 13.1. The summed E-state index contributed by atoms with van der Waals surface area (Å²) in [6.07, 6.45) is 3.44. The molecule has 3 aromatic heterocycles. The second-order valence-corrected chi connectivity index (χ2v) is 10.9. The van der Waals surface area contributed by atoms with Gasteiger partial charge in [0.05, 0.1) is 34.1 Å². The normalized spacial score (nSPS) is 14.3. The van der Waals surface area contributed by atoms with Crippen LogP contribution in [0.4, 0.5) is 11.5 Å². The van der Waals surface area contributed by atoms with E-state index in [1.807, 2.05) is 37.4 Å². The van der Waals surface area contributed by atoms with Gasteiger partial charge in [0.25, 0.3) is 5.56 Å². The minimum atomic E-state index is -0.454. The van der Waals surface area contributed by atoms with Crippen molar-refractivity contribution in [1.82, 2.24) is 24.4 Å². The fraction of sp³-hybridized carbons (Fsp3) is 0.226. The third-order valence-corrected chi connectivity index (χ3v) is 8.72. The van der Waals surface area contributed by atoms with Gasteiger partial charge in [0.15, 0.2) is 0 Å². The molecule has 3 heterocycles. The van der Waals surface area contributed by atoms with Crippen LogP contribution in [-0.4, -0.2) is 33.3 Å². The summed E-state index contributed by atoms with van der Waals surface area (Å²) >= 11 is 14.0. The van der Waals surface area contributed by atoms with Gasteiger partial charge in [0.1, 0.15) is 11.2 Å². The summed E-state index contributed by atoms with van der Waals surface area (Å²) < 4.78 is 8.15. The number of fused-ring (bicyclic) bond motifs is 2. The molecule has 0 saturated carbocycles. The Labute approximate surface area is 251 Å². The van der Waals surface area contributed by atoms with Crippen LogP contribution in [0.25, 0.3) is 33.3 Å². The predicted molar refractivity (Wildman–Crippen MR) is 167 cm³/mol. The van der Waals surface area contributed by atoms with Crippen molar-refractivity contribution in [3.8, 4) is 28.3 Å². The molecule has 2 aromatic carbocycles. The van der Waals surface area contributed by atoms with Crippen LogP contribution in [-0.2, 0) is 20.5 Å². The van der Waals surface area contributed by atoms with Crippen LogP contribution in [0.1, 0.15) is 23.6 Å². The summed E-state index contributed by atoms with van der Waals surface area (Å²) in [7, 11) is 6.63. The first-order chi connectivity index (χ1) is 20.2. The molecule has 1 unspecified atom stereocenters. The molecule has 2 N–H and O–H groups in total. The van der Waals surface area contributed by atoms with E-state index in [1.165, 1.54) is 23.4 Å². The van der Waals surface area contributed by atoms with Gasteiger partial charge in [-0.1, -0.05) is 53.5 Å². The average molecular weight is 604 g/mol. The number of pyridine rings is 2. The summed E-state index contributed by atoms with van der Waals surface area (Å²) in [6, 6.07) is 15.2. The van der Waals surface area contributed by atoms with Crippen molar-refractivity contribution in [3.63, 3.8) is 0 Å². The van der Waals surface area contributed by atoms with Crippen LogP contribution in [0, 0.1) is 0 Å². The monoisotopic (exact) mass is 602 g/mol. The van der Waals surface area contributed by atoms with E-state index in [4.69, 9.17) is 32.9 Å². The van der Waals surface area contributed by atoms with Crippen molar-refractivity contribution in [2.75, 3.05) is 19.5 Å². The van der Waals surface area contributed by atoms with Gasteiger partial charge in [-0.2, -0.15) is 0 Å². The number of aryl methyl sites for hydroxylation is 2. The first-order valence-corrected chi connectivity index (χ1v) is 14.1. The second kappa shape index (κ2) is 10.9. The van der Waals surface area contributed by atoms with Gasteiger partial charge >= 0.3 is 5.69 Å². The Kier molecular flexibility index (Phi) is 7.26. The summed E-state index contributed by atoms with van der Waals surface area (Å²) in [6.45, 7) is 0. The molecular formula is C31H28Cl2N6O3. The first kappa shape index (κ1) is 28.0. The molecule has 9 nitrogen and oxygen atoms in total. The Balaban J connectivity index is 1.43. The van der Waals surface area contributed by atoms with E-state index in [1.54, 1.807) is 26.3 Å². The van der Waals surface area contributed by atoms with E-state index in [-0.39, 0.29) is 17.2 Å². The highest BCUT2D eigenvalue weighted by atomic mass is 35.5. The van der Waals surface area contributed by atoms with Crippen molar-refractivity contribution in [2.45, 2.75) is 18.9 Å². The Morgan fingerprint density at radius 1 is 0.976 bits per heavy atom. The minimum absolute atomic E-state index is 0.202. The van der Waals surface area contributed by atoms with E-state index >= 15 is 0 Å². The predicted octanol–water partition coefficient (Wildman–Crippen LogP) is 5.63. The minimum Gasteiger partial charge on any atom is -0.481 e. The Morgan fingerprint density at radius 3 is 2.43 bits per heavy atom. The lowest BCUT2D eigenvalue weighted by Gasteiger charge is -2.17. The van der Waals surface area contributed by atoms with Crippen molar-refractivity contribution in [3.05, 3.63) is 96.7 Å². The van der Waals surface area contributed by atoms with Crippen molar-refractivity contribution in [2.24, 2.45) is 14.1 Å². The fourth-order valence-corrected chi connectivity index (χ4v) is 6.31. The van der Waals surface area contributed by atoms with Crippen molar-refractivity contribution in [1.29, 1.82) is 0 Å². The lowest BCUT2D eigenvalue weighted by atomic mass is 9.99. The maximum Gasteiger partial charge on any atom is 0.330 e. The molecule has 42 heavy (non-hydrogen) atoms. The standard InChI is InChI=1S/C31H28Cl2N6O3/c1-34-20-12-11-16-15-22(37-29(42-4)24(16)20)19-9-5-7-17(26(19)32)18-8-6-10-21(27(18)33)36-28-25-23(13-14-35-28)38(2)31(41)39(3)30(25)40/h5-10,13-15,20,34H,11-12H2,1-4H3,(H,35,36). The van der Waals surface area contributed by atoms with E-state index in [9.17, 15) is 9.59 Å². The number of nitrogens with zero attached hydrogens (tertiary/aromatic N) is 4. The van der Waals surface area contributed by atoms with Crippen LogP contribution in [0.15, 0.2) is 64.3 Å². The van der Waals surface area contributed by atoms with Gasteiger partial charge in [0.2, 0.25) is 5.88 Å². The Morgan fingerprint density at radius 2 is 1.69 bits per heavy atom. The number of benzene rings is 2. The number of rotatable bonds is 6. The highest BCUT2D eigenvalue weighted by Gasteiger charge is 2.28. The molecule has 1 aliphatic rings. The molecule has 0 amide bonds. The highest BCUT2D eigenvalue weighted by molar-refractivity contribution is 6.39. The number of methoxy groups -OCH3 is 1. The number of hydrogen-bond donors (Lipinski definition) is 2. The third kappa shape index (κ3) is 4.45. The molecule has 0 spiro atoms. The topological polar surface area (TPSA) is 103 Å². The zero-order chi connectivity index (χ0) is 29.7. The first-order valence-electron chi connectivity index (χ1n) is 13.4. The molecule has 0 fully saturated rings. The molecule has 6 rings (SSSR count). The SMILES string of the molecule is CNC1CCc2cc(-c3cccc(-c4cccc(Nc5nccc6c5c(=O)n(C)c(=O)n6C)c4Cl)c3Cl)nc(OC)c21. The second-order valence-electron chi connectivity index (χ2n) is 10.2. The largest absolute Gasteiger partial charge is 0.481 e. The average Bonchev–Trinajstić information content (AvgIpc) is 3.43. The van der Waals surface area contributed by atoms with Crippen LogP contribution in [0.2, 0.25) is 10.0 Å². The summed E-state index contributed by atoms with van der Waals surface area (Å²) in [5.74, 6) is 0.883. The van der Waals surface area contributed by atoms with Crippen molar-refractivity contribution < 1.29 is 4.74 Å². The third-order valence-electron chi connectivity index (χ3n) is 7.90. The van der Waals surface area contributed by atoms with Crippen molar-refractivity contribution >= 4 is 45.6 Å². The summed E-state index contributed by atoms with van der Waals surface area (Å²) in [4.78, 5) is 34.7. The molecule has 1 aliphatic carbocycles. The zero-order valence-electron chi connectivity index (χ0n) is 23.5. The Hall–Kier alpha value is -4.18. The number of hydrogen-bond acceptors (Lipinski definition) is 7. The quantitative estimate of drug-likeness (QED) is 0.260. The Bertz CT molecular complexity index is 2000. The van der Waals surface area contributed by atoms with E-state index in [0.717, 1.165) is 39.8 Å². The molecule has 0 bridgehead atoms. The lowest BCUT2D eigenvalue weighted by Crippen LogP contribution is -2.37. The summed E-state index contributed by atoms with van der Waals surface area (Å²) in [5.41, 5.74) is 5.30. The maximum atomic E-state index is 13.1. The molecule has 214 valence electrons. The lowest BCUT2D eigenvalue weighted by molar-refractivity contribution is 0.387. The fourth-order valence-electron chi connectivity index (χ4n) is 5.71. The van der Waals surface area contributed by atoms with Crippen LogP contribution < -0.4 is 26.6 Å². The van der Waals surface area contributed by atoms with Crippen LogP contribution in [0.3, 0.4) is 0 Å². The van der Waals surface area contributed by atoms with Gasteiger partial charge in [-0.25, -0.2) is 14.8 Å². The molecule has 0 aliphatic heterocycles. The zero-order valence-corrected chi connectivity index (χ0v) is 25.0. The van der Waals surface area contributed by atoms with Gasteiger partial charge < -0.3 is 15.4 Å². The summed E-state index contributed by atoms with van der Waals surface area (Å²) in [5, 5.41) is 7.73. The van der Waals surface area contributed by atoms with Gasteiger partial charge in [-0.05, 0) is 43.7 Å². The molecule has 0 saturated heterocycles. The van der Waals surface area contributed by atoms with Crippen LogP contribution >= 0.6 is 23.2 Å². The number of anilines is 2. The number of nitrogens with one attached hydrogen (secondary N) is 2. The van der Waals surface area contributed by atoms with E-state index < -0.39 is 11.2 Å². The van der Waals surface area contributed by atoms with Gasteiger partial charge in [0, 0.05) is 48.6 Å². The smallest absolute Gasteiger partial charge is 0.330 e. The molecule has 11 heteroatoms. The number of halogens is 2. The molecular weight excluding hydrogens is 575 g/mol. The number of aromatic nitrogens is 4. The van der Waals surface area contributed by atoms with E-state index in [2.05, 4.69) is 21.7 Å². The highest BCUT2D eigenvalue weighted by Crippen LogP contribution is 2.44. The number of ether oxygens (including phenoxy) is 1.